The van der Waals surface area contributed by atoms with Gasteiger partial charge in [0, 0.05) is 31.4 Å². The van der Waals surface area contributed by atoms with Crippen LogP contribution in [0.1, 0.15) is 32.6 Å². The standard InChI is InChI=1S/C19H27N3O3/c1-3-19(8-5-9-19)14-20-18(24)21-10-11-22(17(23)13-21)15-6-4-7-16(12-15)25-2/h4,6-7,12H,3,5,8-11,13-14H2,1-2H3,(H,20,24). The third-order valence-electron chi connectivity index (χ3n) is 5.65. The average Bonchev–Trinajstić information content (AvgIpc) is 2.61. The lowest BCUT2D eigenvalue weighted by Crippen LogP contribution is -2.56. The van der Waals surface area contributed by atoms with E-state index in [1.807, 2.05) is 24.3 Å². The summed E-state index contributed by atoms with van der Waals surface area (Å²) in [5.74, 6) is 0.652. The molecule has 136 valence electrons. The molecule has 1 N–H and O–H groups in total. The van der Waals surface area contributed by atoms with Gasteiger partial charge in [-0.1, -0.05) is 19.4 Å². The minimum atomic E-state index is -0.127. The Hall–Kier alpha value is -2.24. The minimum Gasteiger partial charge on any atom is -0.497 e. The second-order valence-corrected chi connectivity index (χ2v) is 7.03. The van der Waals surface area contributed by atoms with E-state index in [1.54, 1.807) is 16.9 Å². The number of benzene rings is 1. The first kappa shape index (κ1) is 17.6. The Morgan fingerprint density at radius 1 is 1.32 bits per heavy atom. The maximum atomic E-state index is 12.5. The first-order valence-corrected chi connectivity index (χ1v) is 9.04. The number of carbonyl (C=O) groups is 2. The third kappa shape index (κ3) is 3.72. The first-order valence-electron chi connectivity index (χ1n) is 9.04. The number of amides is 3. The van der Waals surface area contributed by atoms with Crippen molar-refractivity contribution in [2.75, 3.05) is 38.2 Å². The van der Waals surface area contributed by atoms with Crippen molar-refractivity contribution in [3.05, 3.63) is 24.3 Å². The van der Waals surface area contributed by atoms with E-state index in [2.05, 4.69) is 12.2 Å². The highest BCUT2D eigenvalue weighted by Gasteiger charge is 2.36. The van der Waals surface area contributed by atoms with Crippen LogP contribution in [0.3, 0.4) is 0 Å². The lowest BCUT2D eigenvalue weighted by Gasteiger charge is -2.42. The molecule has 0 bridgehead atoms. The number of anilines is 1. The predicted molar refractivity (Wildman–Crippen MR) is 96.9 cm³/mol. The van der Waals surface area contributed by atoms with Gasteiger partial charge in [0.25, 0.3) is 0 Å². The summed E-state index contributed by atoms with van der Waals surface area (Å²) in [4.78, 5) is 28.2. The normalized spacial score (nSPS) is 19.4. The Bertz CT molecular complexity index is 637. The van der Waals surface area contributed by atoms with Crippen molar-refractivity contribution in [3.63, 3.8) is 0 Å². The fraction of sp³-hybridized carbons (Fsp3) is 0.579. The van der Waals surface area contributed by atoms with Crippen molar-refractivity contribution in [3.8, 4) is 5.75 Å². The van der Waals surface area contributed by atoms with Gasteiger partial charge in [0.2, 0.25) is 5.91 Å². The van der Waals surface area contributed by atoms with Crippen LogP contribution in [0.15, 0.2) is 24.3 Å². The smallest absolute Gasteiger partial charge is 0.317 e. The molecule has 1 aromatic rings. The molecule has 0 radical (unpaired) electrons. The first-order chi connectivity index (χ1) is 12.1. The highest BCUT2D eigenvalue weighted by atomic mass is 16.5. The van der Waals surface area contributed by atoms with E-state index < -0.39 is 0 Å². The molecule has 1 saturated heterocycles. The summed E-state index contributed by atoms with van der Waals surface area (Å²) in [6, 6.07) is 7.32. The van der Waals surface area contributed by atoms with E-state index in [1.165, 1.54) is 19.3 Å². The summed E-state index contributed by atoms with van der Waals surface area (Å²) in [7, 11) is 1.61. The topological polar surface area (TPSA) is 61.9 Å². The number of carbonyl (C=O) groups excluding carboxylic acids is 2. The summed E-state index contributed by atoms with van der Waals surface area (Å²) < 4.78 is 5.22. The molecule has 6 heteroatoms. The summed E-state index contributed by atoms with van der Waals surface area (Å²) in [6.45, 7) is 4.04. The number of piperazine rings is 1. The number of ether oxygens (including phenoxy) is 1. The van der Waals surface area contributed by atoms with Crippen molar-refractivity contribution in [2.45, 2.75) is 32.6 Å². The monoisotopic (exact) mass is 345 g/mol. The number of hydrogen-bond donors (Lipinski definition) is 1. The van der Waals surface area contributed by atoms with Crippen molar-refractivity contribution in [1.82, 2.24) is 10.2 Å². The summed E-state index contributed by atoms with van der Waals surface area (Å²) in [6.07, 6.45) is 4.72. The quantitative estimate of drug-likeness (QED) is 0.892. The summed E-state index contributed by atoms with van der Waals surface area (Å²) in [5, 5.41) is 3.04. The SMILES string of the molecule is CCC1(CNC(=O)N2CCN(c3cccc(OC)c3)C(=O)C2)CCC1. The number of nitrogens with one attached hydrogen (secondary N) is 1. The van der Waals surface area contributed by atoms with Gasteiger partial charge in [0.15, 0.2) is 0 Å². The van der Waals surface area contributed by atoms with E-state index in [0.29, 0.717) is 19.6 Å². The molecule has 2 fully saturated rings. The summed E-state index contributed by atoms with van der Waals surface area (Å²) in [5.41, 5.74) is 1.09. The molecule has 0 aromatic heterocycles. The van der Waals surface area contributed by atoms with Crippen molar-refractivity contribution in [1.29, 1.82) is 0 Å². The van der Waals surface area contributed by atoms with Crippen LogP contribution in [0.5, 0.6) is 5.75 Å². The highest BCUT2D eigenvalue weighted by molar-refractivity contribution is 5.97. The lowest BCUT2D eigenvalue weighted by atomic mass is 9.67. The van der Waals surface area contributed by atoms with Gasteiger partial charge in [-0.3, -0.25) is 4.79 Å². The van der Waals surface area contributed by atoms with Crippen LogP contribution >= 0.6 is 0 Å². The van der Waals surface area contributed by atoms with Gasteiger partial charge in [0.05, 0.1) is 7.11 Å². The largest absolute Gasteiger partial charge is 0.497 e. The molecule has 2 aliphatic rings. The van der Waals surface area contributed by atoms with Crippen LogP contribution in [0.4, 0.5) is 10.5 Å². The zero-order valence-corrected chi connectivity index (χ0v) is 15.1. The van der Waals surface area contributed by atoms with Gasteiger partial charge in [-0.2, -0.15) is 0 Å². The number of rotatable bonds is 5. The molecule has 1 heterocycles. The highest BCUT2D eigenvalue weighted by Crippen LogP contribution is 2.43. The van der Waals surface area contributed by atoms with Crippen LogP contribution in [0, 0.1) is 5.41 Å². The average molecular weight is 345 g/mol. The maximum absolute atomic E-state index is 12.5. The van der Waals surface area contributed by atoms with Crippen LogP contribution in [-0.2, 0) is 4.79 Å². The zero-order valence-electron chi connectivity index (χ0n) is 15.1. The van der Waals surface area contributed by atoms with Crippen LogP contribution in [0.25, 0.3) is 0 Å². The van der Waals surface area contributed by atoms with E-state index in [0.717, 1.165) is 17.9 Å². The Morgan fingerprint density at radius 3 is 2.72 bits per heavy atom. The molecule has 3 rings (SSSR count). The van der Waals surface area contributed by atoms with Gasteiger partial charge in [-0.25, -0.2) is 4.79 Å². The third-order valence-corrected chi connectivity index (χ3v) is 5.65. The molecule has 0 spiro atoms. The van der Waals surface area contributed by atoms with Crippen molar-refractivity contribution >= 4 is 17.6 Å². The molecule has 6 nitrogen and oxygen atoms in total. The predicted octanol–water partition coefficient (Wildman–Crippen LogP) is 2.63. The molecule has 1 aliphatic heterocycles. The zero-order chi connectivity index (χ0) is 17.9. The molecule has 25 heavy (non-hydrogen) atoms. The minimum absolute atomic E-state index is 0.0662. The summed E-state index contributed by atoms with van der Waals surface area (Å²) >= 11 is 0. The molecule has 0 atom stereocenters. The van der Waals surface area contributed by atoms with Gasteiger partial charge in [0.1, 0.15) is 12.3 Å². The molecular weight excluding hydrogens is 318 g/mol. The van der Waals surface area contributed by atoms with Gasteiger partial charge in [-0.15, -0.1) is 0 Å². The fourth-order valence-electron chi connectivity index (χ4n) is 3.60. The van der Waals surface area contributed by atoms with Crippen LogP contribution < -0.4 is 15.0 Å². The fourth-order valence-corrected chi connectivity index (χ4v) is 3.60. The van der Waals surface area contributed by atoms with Crippen LogP contribution in [0.2, 0.25) is 0 Å². The molecular formula is C19H27N3O3. The number of hydrogen-bond acceptors (Lipinski definition) is 3. The van der Waals surface area contributed by atoms with E-state index in [4.69, 9.17) is 4.74 Å². The van der Waals surface area contributed by atoms with Gasteiger partial charge >= 0.3 is 6.03 Å². The second-order valence-electron chi connectivity index (χ2n) is 7.03. The lowest BCUT2D eigenvalue weighted by molar-refractivity contribution is -0.120. The Morgan fingerprint density at radius 2 is 2.12 bits per heavy atom. The number of methoxy groups -OCH3 is 1. The molecule has 1 saturated carbocycles. The number of urea groups is 1. The van der Waals surface area contributed by atoms with E-state index in [9.17, 15) is 9.59 Å². The van der Waals surface area contributed by atoms with E-state index >= 15 is 0 Å². The van der Waals surface area contributed by atoms with Gasteiger partial charge < -0.3 is 19.9 Å². The van der Waals surface area contributed by atoms with Gasteiger partial charge in [-0.05, 0) is 36.8 Å². The molecule has 1 aliphatic carbocycles. The Kier molecular flexibility index (Phi) is 5.16. The number of nitrogens with zero attached hydrogens (tertiary/aromatic N) is 2. The second kappa shape index (κ2) is 7.33. The Labute approximate surface area is 149 Å². The van der Waals surface area contributed by atoms with Crippen LogP contribution in [-0.4, -0.2) is 50.1 Å². The van der Waals surface area contributed by atoms with E-state index in [-0.39, 0.29) is 23.9 Å². The molecule has 1 aromatic carbocycles. The van der Waals surface area contributed by atoms with Crippen molar-refractivity contribution in [2.24, 2.45) is 5.41 Å². The van der Waals surface area contributed by atoms with Crippen molar-refractivity contribution < 1.29 is 14.3 Å². The Balaban J connectivity index is 1.55. The molecule has 3 amide bonds. The molecule has 0 unspecified atom stereocenters. The maximum Gasteiger partial charge on any atom is 0.317 e.